The van der Waals surface area contributed by atoms with Crippen molar-refractivity contribution in [2.24, 2.45) is 0 Å². The topological polar surface area (TPSA) is 46.5 Å². The van der Waals surface area contributed by atoms with E-state index in [1.54, 1.807) is 0 Å². The van der Waals surface area contributed by atoms with Gasteiger partial charge in [0.05, 0.1) is 0 Å². The van der Waals surface area contributed by atoms with Crippen molar-refractivity contribution < 1.29 is 27.8 Å². The standard InChI is InChI=1S/C3H3F3O3/c4-3(5,6)2(8)9-1-7/h7H,1H2. The van der Waals surface area contributed by atoms with E-state index in [2.05, 4.69) is 4.74 Å². The highest BCUT2D eigenvalue weighted by atomic mass is 19.4. The molecule has 0 amide bonds. The van der Waals surface area contributed by atoms with Gasteiger partial charge in [0.15, 0.2) is 6.79 Å². The normalized spacial score (nSPS) is 11.1. The maximum absolute atomic E-state index is 11.1. The first-order chi connectivity index (χ1) is 3.98. The third-order valence-corrected chi connectivity index (χ3v) is 0.427. The number of carbonyl (C=O) groups excluding carboxylic acids is 1. The molecule has 0 heterocycles. The molecule has 9 heavy (non-hydrogen) atoms. The second-order valence-electron chi connectivity index (χ2n) is 1.06. The van der Waals surface area contributed by atoms with Crippen molar-refractivity contribution in [3.8, 4) is 0 Å². The van der Waals surface area contributed by atoms with Crippen molar-refractivity contribution >= 4 is 5.97 Å². The Kier molecular flexibility index (Phi) is 2.44. The van der Waals surface area contributed by atoms with Crippen molar-refractivity contribution in [1.82, 2.24) is 0 Å². The van der Waals surface area contributed by atoms with Gasteiger partial charge in [0, 0.05) is 0 Å². The highest BCUT2D eigenvalue weighted by molar-refractivity contribution is 5.75. The highest BCUT2D eigenvalue weighted by Gasteiger charge is 2.40. The van der Waals surface area contributed by atoms with Crippen LogP contribution in [0.2, 0.25) is 0 Å². The van der Waals surface area contributed by atoms with E-state index in [-0.39, 0.29) is 0 Å². The van der Waals surface area contributed by atoms with Gasteiger partial charge in [-0.3, -0.25) is 0 Å². The summed E-state index contributed by atoms with van der Waals surface area (Å²) in [4.78, 5) is 9.56. The smallest absolute Gasteiger partial charge is 0.432 e. The van der Waals surface area contributed by atoms with Crippen molar-refractivity contribution in [1.29, 1.82) is 0 Å². The summed E-state index contributed by atoms with van der Waals surface area (Å²) in [6.45, 7) is -1.25. The molecule has 0 aromatic rings. The maximum Gasteiger partial charge on any atom is 0.491 e. The molecule has 0 aliphatic rings. The van der Waals surface area contributed by atoms with E-state index in [1.807, 2.05) is 0 Å². The average Bonchev–Trinajstić information content (AvgIpc) is 1.64. The lowest BCUT2D eigenvalue weighted by Crippen LogP contribution is -2.25. The number of hydrogen-bond acceptors (Lipinski definition) is 3. The lowest BCUT2D eigenvalue weighted by molar-refractivity contribution is -0.206. The SMILES string of the molecule is O=C(OCO)C(F)(F)F. The summed E-state index contributed by atoms with van der Waals surface area (Å²) in [5, 5.41) is 7.66. The fraction of sp³-hybridized carbons (Fsp3) is 0.667. The zero-order valence-corrected chi connectivity index (χ0v) is 4.10. The van der Waals surface area contributed by atoms with E-state index < -0.39 is 18.9 Å². The third kappa shape index (κ3) is 2.91. The number of carbonyl (C=O) groups is 1. The van der Waals surface area contributed by atoms with Crippen molar-refractivity contribution in [2.45, 2.75) is 6.18 Å². The van der Waals surface area contributed by atoms with Gasteiger partial charge in [-0.2, -0.15) is 13.2 Å². The van der Waals surface area contributed by atoms with Gasteiger partial charge in [0.25, 0.3) is 0 Å². The second kappa shape index (κ2) is 2.67. The van der Waals surface area contributed by atoms with Crippen LogP contribution in [0.3, 0.4) is 0 Å². The summed E-state index contributed by atoms with van der Waals surface area (Å²) in [7, 11) is 0. The predicted molar refractivity (Wildman–Crippen MR) is 19.2 cm³/mol. The van der Waals surface area contributed by atoms with Crippen LogP contribution in [0.25, 0.3) is 0 Å². The minimum atomic E-state index is -5.01. The number of alkyl halides is 3. The summed E-state index contributed by atoms with van der Waals surface area (Å²) >= 11 is 0. The van der Waals surface area contributed by atoms with Crippen molar-refractivity contribution in [3.63, 3.8) is 0 Å². The van der Waals surface area contributed by atoms with Crippen LogP contribution < -0.4 is 0 Å². The molecule has 0 saturated carbocycles. The van der Waals surface area contributed by atoms with Crippen LogP contribution in [0.4, 0.5) is 13.2 Å². The molecule has 54 valence electrons. The molecule has 0 fully saturated rings. The van der Waals surface area contributed by atoms with Crippen LogP contribution in [0.15, 0.2) is 0 Å². The van der Waals surface area contributed by atoms with Crippen molar-refractivity contribution in [2.75, 3.05) is 6.79 Å². The predicted octanol–water partition coefficient (Wildman–Crippen LogP) is 0.0417. The zero-order chi connectivity index (χ0) is 7.49. The number of aliphatic hydroxyl groups excluding tert-OH is 1. The lowest BCUT2D eigenvalue weighted by Gasteiger charge is -2.02. The monoisotopic (exact) mass is 144 g/mol. The van der Waals surface area contributed by atoms with Crippen LogP contribution in [0, 0.1) is 0 Å². The summed E-state index contributed by atoms with van der Waals surface area (Å²) in [5.74, 6) is -2.38. The molecule has 0 aliphatic carbocycles. The van der Waals surface area contributed by atoms with Gasteiger partial charge in [0.2, 0.25) is 0 Å². The van der Waals surface area contributed by atoms with Gasteiger partial charge in [-0.05, 0) is 0 Å². The quantitative estimate of drug-likeness (QED) is 0.417. The highest BCUT2D eigenvalue weighted by Crippen LogP contribution is 2.15. The zero-order valence-electron chi connectivity index (χ0n) is 4.10. The molecule has 0 aromatic carbocycles. The first-order valence-electron chi connectivity index (χ1n) is 1.83. The largest absolute Gasteiger partial charge is 0.491 e. The molecular formula is C3H3F3O3. The fourth-order valence-corrected chi connectivity index (χ4v) is 0.140. The fourth-order valence-electron chi connectivity index (χ4n) is 0.140. The molecule has 0 aliphatic heterocycles. The van der Waals surface area contributed by atoms with Gasteiger partial charge in [0.1, 0.15) is 0 Å². The number of esters is 1. The molecule has 0 radical (unpaired) electrons. The molecule has 0 unspecified atom stereocenters. The molecule has 0 saturated heterocycles. The Morgan fingerprint density at radius 2 is 2.00 bits per heavy atom. The molecule has 0 rings (SSSR count). The van der Waals surface area contributed by atoms with E-state index in [9.17, 15) is 18.0 Å². The molecule has 0 bridgehead atoms. The summed E-state index contributed by atoms with van der Waals surface area (Å²) in [6.07, 6.45) is -5.01. The minimum absolute atomic E-state index is 1.25. The molecule has 1 N–H and O–H groups in total. The Hall–Kier alpha value is -0.780. The molecule has 0 spiro atoms. The Morgan fingerprint density at radius 1 is 1.56 bits per heavy atom. The van der Waals surface area contributed by atoms with E-state index in [0.717, 1.165) is 0 Å². The van der Waals surface area contributed by atoms with Crippen LogP contribution in [-0.2, 0) is 9.53 Å². The van der Waals surface area contributed by atoms with Crippen LogP contribution >= 0.6 is 0 Å². The number of rotatable bonds is 1. The number of aliphatic hydroxyl groups is 1. The Balaban J connectivity index is 3.74. The second-order valence-corrected chi connectivity index (χ2v) is 1.06. The average molecular weight is 144 g/mol. The summed E-state index contributed by atoms with van der Waals surface area (Å²) in [5.41, 5.74) is 0. The summed E-state index contributed by atoms with van der Waals surface area (Å²) < 4.78 is 36.3. The van der Waals surface area contributed by atoms with Crippen LogP contribution in [0.5, 0.6) is 0 Å². The van der Waals surface area contributed by atoms with E-state index in [0.29, 0.717) is 0 Å². The van der Waals surface area contributed by atoms with E-state index in [1.165, 1.54) is 0 Å². The van der Waals surface area contributed by atoms with Crippen LogP contribution in [0.1, 0.15) is 0 Å². The molecular weight excluding hydrogens is 141 g/mol. The number of halogens is 3. The molecule has 0 atom stereocenters. The molecule has 0 aromatic heterocycles. The Morgan fingerprint density at radius 3 is 2.11 bits per heavy atom. The minimum Gasteiger partial charge on any atom is -0.432 e. The van der Waals surface area contributed by atoms with Gasteiger partial charge >= 0.3 is 12.1 Å². The molecule has 3 nitrogen and oxygen atoms in total. The number of ether oxygens (including phenoxy) is 1. The van der Waals surface area contributed by atoms with Gasteiger partial charge < -0.3 is 9.84 Å². The van der Waals surface area contributed by atoms with Gasteiger partial charge in [-0.25, -0.2) is 4.79 Å². The maximum atomic E-state index is 11.1. The number of hydrogen-bond donors (Lipinski definition) is 1. The van der Waals surface area contributed by atoms with Gasteiger partial charge in [-0.1, -0.05) is 0 Å². The Bertz CT molecular complexity index is 107. The van der Waals surface area contributed by atoms with Crippen LogP contribution in [-0.4, -0.2) is 24.0 Å². The third-order valence-electron chi connectivity index (χ3n) is 0.427. The van der Waals surface area contributed by atoms with E-state index >= 15 is 0 Å². The first-order valence-corrected chi connectivity index (χ1v) is 1.83. The van der Waals surface area contributed by atoms with Gasteiger partial charge in [-0.15, -0.1) is 0 Å². The first kappa shape index (κ1) is 8.22. The van der Waals surface area contributed by atoms with E-state index in [4.69, 9.17) is 5.11 Å². The summed E-state index contributed by atoms with van der Waals surface area (Å²) in [6, 6.07) is 0. The van der Waals surface area contributed by atoms with Crippen molar-refractivity contribution in [3.05, 3.63) is 0 Å². The molecule has 6 heteroatoms. The Labute approximate surface area is 48.0 Å². The lowest BCUT2D eigenvalue weighted by atomic mass is 10.7.